The van der Waals surface area contributed by atoms with E-state index in [2.05, 4.69) is 9.80 Å². The Balaban J connectivity index is 1.52. The van der Waals surface area contributed by atoms with Crippen molar-refractivity contribution in [1.82, 2.24) is 19.6 Å². The van der Waals surface area contributed by atoms with Crippen molar-refractivity contribution in [3.8, 4) is 11.5 Å². The van der Waals surface area contributed by atoms with Gasteiger partial charge in [0.25, 0.3) is 11.8 Å². The zero-order valence-corrected chi connectivity index (χ0v) is 26.6. The van der Waals surface area contributed by atoms with Gasteiger partial charge in [0.2, 0.25) is 0 Å². The number of rotatable bonds is 12. The van der Waals surface area contributed by atoms with E-state index in [1.54, 1.807) is 0 Å². The highest BCUT2D eigenvalue weighted by Crippen LogP contribution is 2.32. The van der Waals surface area contributed by atoms with Gasteiger partial charge in [0.05, 0.1) is 11.1 Å². The Bertz CT molecular complexity index is 1280. The molecule has 238 valence electrons. The summed E-state index contributed by atoms with van der Waals surface area (Å²) in [4.78, 5) is 59.5. The Hall–Kier alpha value is -3.58. The molecule has 14 heteroatoms. The molecule has 2 atom stereocenters. The summed E-state index contributed by atoms with van der Waals surface area (Å²) in [5.74, 6) is -3.55. The van der Waals surface area contributed by atoms with Crippen LogP contribution >= 0.6 is 23.2 Å². The summed E-state index contributed by atoms with van der Waals surface area (Å²) in [5.41, 5.74) is 0.396. The minimum absolute atomic E-state index is 0.137. The first-order valence-electron chi connectivity index (χ1n) is 14.5. The van der Waals surface area contributed by atoms with Gasteiger partial charge in [-0.05, 0) is 62.6 Å². The predicted molar refractivity (Wildman–Crippen MR) is 162 cm³/mol. The fourth-order valence-electron chi connectivity index (χ4n) is 4.84. The number of hydrogen-bond donors (Lipinski definition) is 0. The fraction of sp³-hybridized carbons (Fsp3) is 0.467. The molecule has 0 saturated carbocycles. The van der Waals surface area contributed by atoms with E-state index in [9.17, 15) is 19.2 Å². The maximum absolute atomic E-state index is 13.4. The van der Waals surface area contributed by atoms with Crippen molar-refractivity contribution in [1.29, 1.82) is 0 Å². The number of likely N-dealkylation sites (N-methyl/N-ethyl adjacent to an activating group) is 2. The number of amides is 2. The van der Waals surface area contributed by atoms with Crippen molar-refractivity contribution >= 4 is 47.0 Å². The molecule has 0 saturated heterocycles. The smallest absolute Gasteiger partial charge is 0.422 e. The van der Waals surface area contributed by atoms with Crippen molar-refractivity contribution in [2.45, 2.75) is 40.5 Å². The van der Waals surface area contributed by atoms with Crippen LogP contribution in [0.25, 0.3) is 0 Å². The van der Waals surface area contributed by atoms with Crippen LogP contribution in [-0.4, -0.2) is 109 Å². The lowest BCUT2D eigenvalue weighted by Crippen LogP contribution is -2.54. The summed E-state index contributed by atoms with van der Waals surface area (Å²) in [6, 6.07) is 8.95. The number of fused-ring (bicyclic) bond motifs is 2. The van der Waals surface area contributed by atoms with Crippen molar-refractivity contribution in [2.75, 3.05) is 52.4 Å². The van der Waals surface area contributed by atoms with Crippen LogP contribution in [0, 0.1) is 0 Å². The van der Waals surface area contributed by atoms with Gasteiger partial charge in [-0.25, -0.2) is 9.59 Å². The number of carbonyl (C=O) groups excluding carboxylic acids is 4. The van der Waals surface area contributed by atoms with E-state index in [1.165, 1.54) is 46.2 Å². The molecule has 0 aliphatic carbocycles. The number of ether oxygens (including phenoxy) is 4. The van der Waals surface area contributed by atoms with E-state index in [0.29, 0.717) is 23.1 Å². The van der Waals surface area contributed by atoms with Gasteiger partial charge in [-0.15, -0.1) is 0 Å². The molecule has 44 heavy (non-hydrogen) atoms. The van der Waals surface area contributed by atoms with Crippen molar-refractivity contribution in [3.05, 3.63) is 57.6 Å². The maximum Gasteiger partial charge on any atom is 0.422 e. The van der Waals surface area contributed by atoms with Crippen LogP contribution in [0.4, 0.5) is 0 Å². The van der Waals surface area contributed by atoms with E-state index in [0.717, 1.165) is 26.2 Å². The van der Waals surface area contributed by atoms with Crippen molar-refractivity contribution < 1.29 is 38.1 Å². The highest BCUT2D eigenvalue weighted by Gasteiger charge is 2.41. The maximum atomic E-state index is 13.4. The molecule has 2 amide bonds. The molecule has 2 aromatic rings. The highest BCUT2D eigenvalue weighted by molar-refractivity contribution is 6.31. The molecule has 0 fully saturated rings. The summed E-state index contributed by atoms with van der Waals surface area (Å²) >= 11 is 12.2. The molecule has 0 aromatic heterocycles. The van der Waals surface area contributed by atoms with Crippen LogP contribution in [0.2, 0.25) is 10.0 Å². The third-order valence-electron chi connectivity index (χ3n) is 7.52. The average Bonchev–Trinajstić information content (AvgIpc) is 3.01. The van der Waals surface area contributed by atoms with Crippen LogP contribution in [0.3, 0.4) is 0 Å². The average molecular weight is 652 g/mol. The Morgan fingerprint density at radius 1 is 0.705 bits per heavy atom. The number of carbonyl (C=O) groups is 4. The van der Waals surface area contributed by atoms with Crippen LogP contribution in [0.1, 0.15) is 48.4 Å². The van der Waals surface area contributed by atoms with Crippen molar-refractivity contribution in [3.63, 3.8) is 0 Å². The van der Waals surface area contributed by atoms with Gasteiger partial charge < -0.3 is 28.7 Å². The van der Waals surface area contributed by atoms with Crippen LogP contribution in [-0.2, 0) is 19.1 Å². The Kier molecular flexibility index (Phi) is 11.3. The third kappa shape index (κ3) is 7.55. The van der Waals surface area contributed by atoms with Crippen LogP contribution < -0.4 is 9.47 Å². The normalized spacial score (nSPS) is 17.6. The topological polar surface area (TPSA) is 118 Å². The zero-order valence-electron chi connectivity index (χ0n) is 25.1. The van der Waals surface area contributed by atoms with E-state index < -0.39 is 36.6 Å². The van der Waals surface area contributed by atoms with Gasteiger partial charge in [-0.3, -0.25) is 19.4 Å². The van der Waals surface area contributed by atoms with E-state index >= 15 is 0 Å². The molecule has 4 rings (SSSR count). The minimum atomic E-state index is -1.55. The first kappa shape index (κ1) is 33.3. The number of nitrogens with zero attached hydrogens (tertiary/aromatic N) is 4. The molecule has 0 N–H and O–H groups in total. The number of esters is 2. The van der Waals surface area contributed by atoms with Gasteiger partial charge in [0.1, 0.15) is 11.5 Å². The first-order valence-corrected chi connectivity index (χ1v) is 15.3. The van der Waals surface area contributed by atoms with Gasteiger partial charge >= 0.3 is 24.8 Å². The standard InChI is InChI=1S/C30H36Cl2N4O8/c1-5-33(6-2)13-15-35-25(37)21-17-19(31)9-11-23(21)41-29(35)43-27(39)28(40)44-30-36(16-14-34(7-3)8-4)26(38)22-18-20(32)10-12-24(22)42-30/h9-12,17-18,29-30H,5-8,13-16H2,1-4H3. The summed E-state index contributed by atoms with van der Waals surface area (Å²) in [7, 11) is 0. The second kappa shape index (κ2) is 14.9. The monoisotopic (exact) mass is 650 g/mol. The largest absolute Gasteiger partial charge is 0.436 e. The summed E-state index contributed by atoms with van der Waals surface area (Å²) in [5, 5.41) is 0.666. The first-order chi connectivity index (χ1) is 21.1. The third-order valence-corrected chi connectivity index (χ3v) is 7.99. The molecule has 2 aliphatic heterocycles. The lowest BCUT2D eigenvalue weighted by atomic mass is 10.1. The van der Waals surface area contributed by atoms with Crippen LogP contribution in [0.5, 0.6) is 11.5 Å². The van der Waals surface area contributed by atoms with E-state index in [-0.39, 0.29) is 35.7 Å². The lowest BCUT2D eigenvalue weighted by molar-refractivity contribution is -0.213. The number of halogens is 2. The Labute approximate surface area is 266 Å². The molecule has 0 bridgehead atoms. The second-order valence-corrected chi connectivity index (χ2v) is 10.9. The lowest BCUT2D eigenvalue weighted by Gasteiger charge is -2.37. The summed E-state index contributed by atoms with van der Waals surface area (Å²) in [6.07, 6.45) is -3.11. The fourth-order valence-corrected chi connectivity index (χ4v) is 5.18. The molecule has 2 aliphatic rings. The summed E-state index contributed by atoms with van der Waals surface area (Å²) < 4.78 is 22.4. The Morgan fingerprint density at radius 2 is 1.07 bits per heavy atom. The van der Waals surface area contributed by atoms with Crippen molar-refractivity contribution in [2.24, 2.45) is 0 Å². The highest BCUT2D eigenvalue weighted by atomic mass is 35.5. The van der Waals surface area contributed by atoms with Gasteiger partial charge in [0.15, 0.2) is 0 Å². The van der Waals surface area contributed by atoms with Gasteiger partial charge in [-0.2, -0.15) is 0 Å². The quantitative estimate of drug-likeness (QED) is 0.248. The van der Waals surface area contributed by atoms with Gasteiger partial charge in [-0.1, -0.05) is 50.9 Å². The van der Waals surface area contributed by atoms with E-state index in [4.69, 9.17) is 42.1 Å². The molecule has 0 radical (unpaired) electrons. The second-order valence-electron chi connectivity index (χ2n) is 9.99. The van der Waals surface area contributed by atoms with Crippen LogP contribution in [0.15, 0.2) is 36.4 Å². The molecular formula is C30H36Cl2N4O8. The van der Waals surface area contributed by atoms with E-state index in [1.807, 2.05) is 27.7 Å². The summed E-state index contributed by atoms with van der Waals surface area (Å²) in [6.45, 7) is 12.1. The number of benzene rings is 2. The zero-order chi connectivity index (χ0) is 32.0. The molecule has 2 heterocycles. The molecule has 2 unspecified atom stereocenters. The predicted octanol–water partition coefficient (Wildman–Crippen LogP) is 3.70. The minimum Gasteiger partial charge on any atom is -0.436 e. The van der Waals surface area contributed by atoms with Gasteiger partial charge in [0, 0.05) is 36.2 Å². The molecule has 0 spiro atoms. The molecule has 2 aromatic carbocycles. The molecule has 12 nitrogen and oxygen atoms in total. The molecular weight excluding hydrogens is 615 g/mol. The number of hydrogen-bond acceptors (Lipinski definition) is 10. The Morgan fingerprint density at radius 3 is 1.41 bits per heavy atom. The SMILES string of the molecule is CCN(CC)CCN1C(=O)c2cc(Cl)ccc2OC1OC(=O)C(=O)OC1Oc2ccc(Cl)cc2C(=O)N1CCN(CC)CC.